The SMILES string of the molecule is O=C(Cc1cccc(C(F)(F)F)c1)C1CCNC1. The van der Waals surface area contributed by atoms with E-state index in [-0.39, 0.29) is 18.1 Å². The van der Waals surface area contributed by atoms with E-state index in [1.165, 1.54) is 6.07 Å². The molecule has 1 aromatic carbocycles. The Bertz CT molecular complexity index is 436. The molecule has 0 saturated carbocycles. The van der Waals surface area contributed by atoms with Gasteiger partial charge in [-0.2, -0.15) is 13.2 Å². The standard InChI is InChI=1S/C13H14F3NO/c14-13(15,16)11-3-1-2-9(6-11)7-12(18)10-4-5-17-8-10/h1-3,6,10,17H,4-5,7-8H2. The van der Waals surface area contributed by atoms with Crippen molar-refractivity contribution >= 4 is 5.78 Å². The molecule has 0 spiro atoms. The van der Waals surface area contributed by atoms with E-state index in [0.29, 0.717) is 12.1 Å². The van der Waals surface area contributed by atoms with Gasteiger partial charge in [0.15, 0.2) is 0 Å². The molecule has 1 aromatic rings. The van der Waals surface area contributed by atoms with E-state index in [9.17, 15) is 18.0 Å². The Hall–Kier alpha value is -1.36. The van der Waals surface area contributed by atoms with E-state index in [2.05, 4.69) is 5.32 Å². The maximum Gasteiger partial charge on any atom is 0.416 e. The van der Waals surface area contributed by atoms with Crippen molar-refractivity contribution in [2.24, 2.45) is 5.92 Å². The molecular weight excluding hydrogens is 243 g/mol. The summed E-state index contributed by atoms with van der Waals surface area (Å²) in [6.07, 6.45) is -3.50. The van der Waals surface area contributed by atoms with Crippen LogP contribution in [0.4, 0.5) is 13.2 Å². The van der Waals surface area contributed by atoms with Crippen LogP contribution in [0.3, 0.4) is 0 Å². The summed E-state index contributed by atoms with van der Waals surface area (Å²) in [4.78, 5) is 11.9. The van der Waals surface area contributed by atoms with Crippen molar-refractivity contribution in [2.75, 3.05) is 13.1 Å². The lowest BCUT2D eigenvalue weighted by atomic mass is 9.96. The molecule has 5 heteroatoms. The minimum absolute atomic E-state index is 0.0133. The van der Waals surface area contributed by atoms with E-state index in [0.717, 1.165) is 25.1 Å². The minimum atomic E-state index is -4.35. The predicted molar refractivity (Wildman–Crippen MR) is 61.1 cm³/mol. The van der Waals surface area contributed by atoms with Gasteiger partial charge < -0.3 is 5.32 Å². The molecule has 0 aromatic heterocycles. The van der Waals surface area contributed by atoms with Crippen molar-refractivity contribution in [1.29, 1.82) is 0 Å². The number of Topliss-reactive ketones (excluding diaryl/α,β-unsaturated/α-hetero) is 1. The van der Waals surface area contributed by atoms with Gasteiger partial charge in [-0.05, 0) is 24.6 Å². The number of halogens is 3. The first-order chi connectivity index (χ1) is 8.47. The highest BCUT2D eigenvalue weighted by Gasteiger charge is 2.30. The smallest absolute Gasteiger partial charge is 0.316 e. The fraction of sp³-hybridized carbons (Fsp3) is 0.462. The van der Waals surface area contributed by atoms with Gasteiger partial charge in [0.1, 0.15) is 5.78 Å². The molecule has 1 N–H and O–H groups in total. The van der Waals surface area contributed by atoms with E-state index in [4.69, 9.17) is 0 Å². The molecule has 1 atom stereocenters. The number of rotatable bonds is 3. The molecule has 1 aliphatic rings. The molecule has 2 nitrogen and oxygen atoms in total. The van der Waals surface area contributed by atoms with Crippen LogP contribution < -0.4 is 5.32 Å². The summed E-state index contributed by atoms with van der Waals surface area (Å²) in [5, 5.41) is 3.07. The van der Waals surface area contributed by atoms with Crippen molar-refractivity contribution in [3.63, 3.8) is 0 Å². The third kappa shape index (κ3) is 3.10. The zero-order chi connectivity index (χ0) is 13.2. The molecule has 0 amide bonds. The summed E-state index contributed by atoms with van der Waals surface area (Å²) >= 11 is 0. The minimum Gasteiger partial charge on any atom is -0.316 e. The van der Waals surface area contributed by atoms with Crippen LogP contribution in [-0.4, -0.2) is 18.9 Å². The number of nitrogens with one attached hydrogen (secondary N) is 1. The van der Waals surface area contributed by atoms with Gasteiger partial charge >= 0.3 is 6.18 Å². The zero-order valence-electron chi connectivity index (χ0n) is 9.76. The maximum absolute atomic E-state index is 12.5. The summed E-state index contributed by atoms with van der Waals surface area (Å²) in [6, 6.07) is 4.99. The van der Waals surface area contributed by atoms with E-state index in [1.807, 2.05) is 0 Å². The van der Waals surface area contributed by atoms with Crippen molar-refractivity contribution in [3.05, 3.63) is 35.4 Å². The van der Waals surface area contributed by atoms with Crippen LogP contribution in [0.5, 0.6) is 0 Å². The van der Waals surface area contributed by atoms with Gasteiger partial charge in [-0.25, -0.2) is 0 Å². The monoisotopic (exact) mass is 257 g/mol. The van der Waals surface area contributed by atoms with Gasteiger partial charge in [0.05, 0.1) is 5.56 Å². The molecule has 98 valence electrons. The average Bonchev–Trinajstić information content (AvgIpc) is 2.81. The Morgan fingerprint density at radius 3 is 2.78 bits per heavy atom. The third-order valence-electron chi connectivity index (χ3n) is 3.15. The van der Waals surface area contributed by atoms with Gasteiger partial charge in [0.25, 0.3) is 0 Å². The molecule has 1 unspecified atom stereocenters. The number of alkyl halides is 3. The highest BCUT2D eigenvalue weighted by Crippen LogP contribution is 2.29. The highest BCUT2D eigenvalue weighted by atomic mass is 19.4. The fourth-order valence-electron chi connectivity index (χ4n) is 2.13. The first-order valence-electron chi connectivity index (χ1n) is 5.86. The lowest BCUT2D eigenvalue weighted by Gasteiger charge is -2.10. The lowest BCUT2D eigenvalue weighted by molar-refractivity contribution is -0.137. The second-order valence-electron chi connectivity index (χ2n) is 4.53. The van der Waals surface area contributed by atoms with Crippen LogP contribution in [0.1, 0.15) is 17.5 Å². The van der Waals surface area contributed by atoms with Crippen molar-refractivity contribution in [1.82, 2.24) is 5.32 Å². The zero-order valence-corrected chi connectivity index (χ0v) is 9.76. The molecule has 1 heterocycles. The number of carbonyl (C=O) groups excluding carboxylic acids is 1. The van der Waals surface area contributed by atoms with Crippen molar-refractivity contribution < 1.29 is 18.0 Å². The Kier molecular flexibility index (Phi) is 3.71. The number of carbonyl (C=O) groups is 1. The Morgan fingerprint density at radius 1 is 1.39 bits per heavy atom. The maximum atomic E-state index is 12.5. The lowest BCUT2D eigenvalue weighted by Crippen LogP contribution is -2.19. The number of ketones is 1. The summed E-state index contributed by atoms with van der Waals surface area (Å²) < 4.78 is 37.5. The van der Waals surface area contributed by atoms with Gasteiger partial charge in [-0.15, -0.1) is 0 Å². The molecule has 0 aliphatic carbocycles. The van der Waals surface area contributed by atoms with Crippen LogP contribution >= 0.6 is 0 Å². The van der Waals surface area contributed by atoms with Crippen LogP contribution in [0.2, 0.25) is 0 Å². The summed E-state index contributed by atoms with van der Waals surface area (Å²) in [6.45, 7) is 1.44. The van der Waals surface area contributed by atoms with E-state index in [1.54, 1.807) is 6.07 Å². The van der Waals surface area contributed by atoms with Crippen LogP contribution in [0.25, 0.3) is 0 Å². The molecule has 18 heavy (non-hydrogen) atoms. The van der Waals surface area contributed by atoms with Crippen LogP contribution in [0.15, 0.2) is 24.3 Å². The Balaban J connectivity index is 2.07. The summed E-state index contributed by atoms with van der Waals surface area (Å²) in [5.74, 6) is -0.0427. The highest BCUT2D eigenvalue weighted by molar-refractivity contribution is 5.83. The largest absolute Gasteiger partial charge is 0.416 e. The van der Waals surface area contributed by atoms with E-state index >= 15 is 0 Å². The van der Waals surface area contributed by atoms with Gasteiger partial charge in [-0.3, -0.25) is 4.79 Å². The first-order valence-corrected chi connectivity index (χ1v) is 5.86. The molecule has 0 radical (unpaired) electrons. The first kappa shape index (κ1) is 13.1. The number of hydrogen-bond donors (Lipinski definition) is 1. The van der Waals surface area contributed by atoms with E-state index < -0.39 is 11.7 Å². The van der Waals surface area contributed by atoms with Gasteiger partial charge in [0.2, 0.25) is 0 Å². The molecule has 2 rings (SSSR count). The normalized spacial score (nSPS) is 20.1. The Morgan fingerprint density at radius 2 is 2.17 bits per heavy atom. The average molecular weight is 257 g/mol. The van der Waals surface area contributed by atoms with Crippen molar-refractivity contribution in [3.8, 4) is 0 Å². The topological polar surface area (TPSA) is 29.1 Å². The van der Waals surface area contributed by atoms with Crippen LogP contribution in [-0.2, 0) is 17.4 Å². The van der Waals surface area contributed by atoms with Gasteiger partial charge in [0, 0.05) is 18.9 Å². The molecular formula is C13H14F3NO. The molecule has 1 fully saturated rings. The van der Waals surface area contributed by atoms with Crippen molar-refractivity contribution in [2.45, 2.75) is 19.0 Å². The summed E-state index contributed by atoms with van der Waals surface area (Å²) in [5.41, 5.74) is -0.265. The third-order valence-corrected chi connectivity index (χ3v) is 3.15. The van der Waals surface area contributed by atoms with Crippen LogP contribution in [0, 0.1) is 5.92 Å². The molecule has 1 saturated heterocycles. The fourth-order valence-corrected chi connectivity index (χ4v) is 2.13. The molecule has 0 bridgehead atoms. The second-order valence-corrected chi connectivity index (χ2v) is 4.53. The number of benzene rings is 1. The second kappa shape index (κ2) is 5.10. The summed E-state index contributed by atoms with van der Waals surface area (Å²) in [7, 11) is 0. The van der Waals surface area contributed by atoms with Gasteiger partial charge in [-0.1, -0.05) is 18.2 Å². The number of hydrogen-bond acceptors (Lipinski definition) is 2. The quantitative estimate of drug-likeness (QED) is 0.901. The predicted octanol–water partition coefficient (Wildman–Crippen LogP) is 2.43. The Labute approximate surface area is 103 Å². The molecule has 1 aliphatic heterocycles.